The van der Waals surface area contributed by atoms with Crippen LogP contribution in [0.2, 0.25) is 0 Å². The fourth-order valence-electron chi connectivity index (χ4n) is 13.2. The van der Waals surface area contributed by atoms with Gasteiger partial charge >= 0.3 is 0 Å². The molecule has 0 aromatic heterocycles. The molecule has 2 aliphatic heterocycles. The number of unbranched alkanes of at least 4 members (excludes halogenated alkanes) is 33. The van der Waals surface area contributed by atoms with Gasteiger partial charge in [-0.25, -0.2) is 0 Å². The van der Waals surface area contributed by atoms with Gasteiger partial charge in [-0.2, -0.15) is 0 Å². The Morgan fingerprint density at radius 3 is 1.01 bits per heavy atom. The van der Waals surface area contributed by atoms with E-state index >= 15 is 0 Å². The lowest BCUT2D eigenvalue weighted by Crippen LogP contribution is -2.65. The molecule has 0 radical (unpaired) electrons. The molecule has 0 aliphatic carbocycles. The van der Waals surface area contributed by atoms with Crippen molar-refractivity contribution in [2.45, 2.75) is 402 Å². The highest BCUT2D eigenvalue weighted by molar-refractivity contribution is 5.76. The lowest BCUT2D eigenvalue weighted by molar-refractivity contribution is -0.359. The van der Waals surface area contributed by atoms with Gasteiger partial charge in [-0.15, -0.1) is 0 Å². The number of hydrogen-bond acceptors (Lipinski definition) is 13. The van der Waals surface area contributed by atoms with E-state index in [2.05, 4.69) is 165 Å². The summed E-state index contributed by atoms with van der Waals surface area (Å²) in [5.41, 5.74) is 0. The monoisotopic (exact) mass is 1470 g/mol. The molecule has 9 N–H and O–H groups in total. The maximum absolute atomic E-state index is 13.4. The first kappa shape index (κ1) is 96.9. The zero-order valence-corrected chi connectivity index (χ0v) is 66.2. The molecule has 2 rings (SSSR count). The van der Waals surface area contributed by atoms with E-state index in [1.165, 1.54) is 167 Å². The van der Waals surface area contributed by atoms with Crippen LogP contribution in [0.25, 0.3) is 0 Å². The molecule has 2 aliphatic rings. The van der Waals surface area contributed by atoms with Crippen molar-refractivity contribution in [3.05, 3.63) is 146 Å². The second kappa shape index (κ2) is 72.7. The second-order valence-electron chi connectivity index (χ2n) is 29.2. The van der Waals surface area contributed by atoms with Crippen molar-refractivity contribution in [3.63, 3.8) is 0 Å². The summed E-state index contributed by atoms with van der Waals surface area (Å²) in [6, 6.07) is -0.856. The molecule has 12 atom stereocenters. The van der Waals surface area contributed by atoms with Crippen LogP contribution in [-0.2, 0) is 23.7 Å². The molecular weight excluding hydrogens is 1310 g/mol. The van der Waals surface area contributed by atoms with Crippen LogP contribution in [0, 0.1) is 0 Å². The summed E-state index contributed by atoms with van der Waals surface area (Å²) in [5.74, 6) is -0.232. The average Bonchev–Trinajstić information content (AvgIpc) is 0.769. The summed E-state index contributed by atoms with van der Waals surface area (Å²) in [6.45, 7) is 2.76. The number of carbonyl (C=O) groups excluding carboxylic acids is 1. The van der Waals surface area contributed by atoms with Crippen LogP contribution >= 0.6 is 0 Å². The molecule has 14 nitrogen and oxygen atoms in total. The Kier molecular flexibility index (Phi) is 67.1. The Balaban J connectivity index is 1.62. The van der Waals surface area contributed by atoms with Crippen molar-refractivity contribution in [1.82, 2.24) is 5.32 Å². The molecule has 0 saturated carbocycles. The van der Waals surface area contributed by atoms with E-state index in [4.69, 9.17) is 18.9 Å². The molecule has 1 amide bonds. The van der Waals surface area contributed by atoms with Crippen LogP contribution in [0.1, 0.15) is 328 Å². The van der Waals surface area contributed by atoms with Gasteiger partial charge in [0.25, 0.3) is 0 Å². The average molecular weight is 1470 g/mol. The first-order chi connectivity index (χ1) is 51.6. The number of aliphatic hydroxyl groups excluding tert-OH is 8. The van der Waals surface area contributed by atoms with Gasteiger partial charge in [-0.1, -0.05) is 365 Å². The number of ether oxygens (including phenoxy) is 4. The zero-order valence-electron chi connectivity index (χ0n) is 66.2. The standard InChI is InChI=1S/C91H155NO13/c1-3-5-7-9-11-13-15-17-19-21-23-25-27-29-31-33-35-36-37-38-39-40-41-42-43-44-45-47-49-51-53-55-57-59-61-63-65-67-69-71-73-75-83(96)92-79(78-102-90-88(101)86(99)89(82(77-94)104-90)105-91-87(100)85(98)84(97)81(76-93)103-91)80(95)74-72-70-68-66-64-62-60-58-56-54-52-50-48-46-34-32-30-28-26-24-22-20-18-16-14-12-10-8-6-4-2/h5,7,11,13,17,19,23,25,29,31,35-36,38-39,41-42,44-45,49,51,55,57,61,63,79-82,84-91,93-95,97-101H,3-4,6,8-10,12,14-16,18,20-22,24,26-28,30,32-34,37,40,43,46-48,50,52-54,56,58-60,62,64-78H2,1-2H3,(H,92,96)/b7-5-,13-11-,19-17-,25-23-,31-29-,36-35-,39-38-,42-41-,45-44-,51-49-,57-55-,63-61-. The molecule has 2 heterocycles. The van der Waals surface area contributed by atoms with Crippen molar-refractivity contribution in [2.75, 3.05) is 19.8 Å². The van der Waals surface area contributed by atoms with E-state index in [1.807, 2.05) is 0 Å². The number of allylic oxidation sites excluding steroid dienone is 24. The van der Waals surface area contributed by atoms with Crippen LogP contribution in [0.15, 0.2) is 146 Å². The van der Waals surface area contributed by atoms with E-state index in [9.17, 15) is 45.6 Å². The minimum atomic E-state index is -1.79. The van der Waals surface area contributed by atoms with Crippen molar-refractivity contribution in [3.8, 4) is 0 Å². The maximum atomic E-state index is 13.4. The molecule has 0 bridgehead atoms. The zero-order chi connectivity index (χ0) is 75.8. The minimum Gasteiger partial charge on any atom is -0.394 e. The van der Waals surface area contributed by atoms with Gasteiger partial charge in [-0.05, 0) is 103 Å². The highest BCUT2D eigenvalue weighted by Gasteiger charge is 2.51. The molecule has 602 valence electrons. The molecule has 105 heavy (non-hydrogen) atoms. The molecule has 14 heteroatoms. The SMILES string of the molecule is CC/C=C\C/C=C\C/C=C\C/C=C\C/C=C\C/C=C\C/C=C\C/C=C\C/C=C\C/C=C\C/C=C\C/C=C\CCCCCCC(=O)NC(COC1OC(CO)C(OC2OC(CO)C(O)C(O)C2O)C(O)C1O)C(O)CCCCCCCCCCCCCCCCCCCCCCCCCCCCCCCC. The quantitative estimate of drug-likeness (QED) is 0.0204. The van der Waals surface area contributed by atoms with Gasteiger partial charge in [0.2, 0.25) is 5.91 Å². The molecule has 2 fully saturated rings. The lowest BCUT2D eigenvalue weighted by atomic mass is 9.97. The third-order valence-corrected chi connectivity index (χ3v) is 19.8. The largest absolute Gasteiger partial charge is 0.394 e. The Hall–Kier alpha value is -4.13. The molecule has 0 spiro atoms. The highest BCUT2D eigenvalue weighted by atomic mass is 16.7. The normalized spacial score (nSPS) is 22.2. The Morgan fingerprint density at radius 1 is 0.352 bits per heavy atom. The Bertz CT molecular complexity index is 2330. The minimum absolute atomic E-state index is 0.232. The Morgan fingerprint density at radius 2 is 0.657 bits per heavy atom. The number of carbonyl (C=O) groups is 1. The van der Waals surface area contributed by atoms with Gasteiger partial charge in [0, 0.05) is 6.42 Å². The number of rotatable bonds is 70. The van der Waals surface area contributed by atoms with Crippen LogP contribution < -0.4 is 5.32 Å². The van der Waals surface area contributed by atoms with Gasteiger partial charge in [0.15, 0.2) is 12.6 Å². The number of hydrogen-bond donors (Lipinski definition) is 9. The van der Waals surface area contributed by atoms with Crippen LogP contribution in [0.5, 0.6) is 0 Å². The van der Waals surface area contributed by atoms with Crippen LogP contribution in [0.4, 0.5) is 0 Å². The summed E-state index contributed by atoms with van der Waals surface area (Å²) in [4.78, 5) is 13.4. The maximum Gasteiger partial charge on any atom is 0.220 e. The Labute approximate surface area is 640 Å². The molecule has 0 aromatic rings. The van der Waals surface area contributed by atoms with Crippen LogP contribution in [0.3, 0.4) is 0 Å². The second-order valence-corrected chi connectivity index (χ2v) is 29.2. The van der Waals surface area contributed by atoms with Crippen molar-refractivity contribution in [2.24, 2.45) is 0 Å². The summed E-state index contributed by atoms with van der Waals surface area (Å²) in [7, 11) is 0. The molecule has 2 saturated heterocycles. The predicted molar refractivity (Wildman–Crippen MR) is 438 cm³/mol. The van der Waals surface area contributed by atoms with E-state index < -0.39 is 86.8 Å². The van der Waals surface area contributed by atoms with Gasteiger partial charge in [-0.3, -0.25) is 4.79 Å². The van der Waals surface area contributed by atoms with E-state index in [0.717, 1.165) is 128 Å². The fourth-order valence-corrected chi connectivity index (χ4v) is 13.2. The first-order valence-corrected chi connectivity index (χ1v) is 42.6. The van der Waals surface area contributed by atoms with Crippen molar-refractivity contribution >= 4 is 5.91 Å². The topological polar surface area (TPSA) is 228 Å². The van der Waals surface area contributed by atoms with E-state index in [0.29, 0.717) is 12.8 Å². The number of aliphatic hydroxyl groups is 8. The van der Waals surface area contributed by atoms with Gasteiger partial charge in [0.05, 0.1) is 32.0 Å². The lowest BCUT2D eigenvalue weighted by Gasteiger charge is -2.46. The van der Waals surface area contributed by atoms with Crippen molar-refractivity contribution in [1.29, 1.82) is 0 Å². The fraction of sp³-hybridized carbons (Fsp3) is 0.725. The number of amides is 1. The first-order valence-electron chi connectivity index (χ1n) is 42.6. The third-order valence-electron chi connectivity index (χ3n) is 19.8. The van der Waals surface area contributed by atoms with E-state index in [-0.39, 0.29) is 18.9 Å². The molecule has 0 aromatic carbocycles. The third kappa shape index (κ3) is 55.0. The molecular formula is C91H155NO13. The predicted octanol–water partition coefficient (Wildman–Crippen LogP) is 20.3. The smallest absolute Gasteiger partial charge is 0.220 e. The summed E-state index contributed by atoms with van der Waals surface area (Å²) < 4.78 is 23.0. The summed E-state index contributed by atoms with van der Waals surface area (Å²) in [5, 5.41) is 87.9. The van der Waals surface area contributed by atoms with Gasteiger partial charge < -0.3 is 65.1 Å². The summed E-state index contributed by atoms with van der Waals surface area (Å²) in [6.07, 6.45) is 93.2. The molecule has 12 unspecified atom stereocenters. The van der Waals surface area contributed by atoms with E-state index in [1.54, 1.807) is 0 Å². The summed E-state index contributed by atoms with van der Waals surface area (Å²) >= 11 is 0. The highest BCUT2D eigenvalue weighted by Crippen LogP contribution is 2.30. The van der Waals surface area contributed by atoms with Crippen molar-refractivity contribution < 1.29 is 64.6 Å². The van der Waals surface area contributed by atoms with Crippen LogP contribution in [-0.4, -0.2) is 140 Å². The number of nitrogens with one attached hydrogen (secondary N) is 1. The van der Waals surface area contributed by atoms with Gasteiger partial charge in [0.1, 0.15) is 48.8 Å².